The minimum Gasteiger partial charge on any atom is -0.481 e. The molecule has 0 aromatic carbocycles. The van der Waals surface area contributed by atoms with Crippen molar-refractivity contribution < 1.29 is 9.90 Å². The molecular formula is C6H6ClNO2S. The Balaban J connectivity index is 2.65. The number of hydrogen-bond acceptors (Lipinski definition) is 3. The molecule has 5 heteroatoms. The van der Waals surface area contributed by atoms with E-state index < -0.39 is 5.97 Å². The molecule has 0 spiro atoms. The van der Waals surface area contributed by atoms with Crippen molar-refractivity contribution in [2.45, 2.75) is 12.3 Å². The normalized spacial score (nSPS) is 9.91. The molecule has 1 N–H and O–H groups in total. The van der Waals surface area contributed by atoms with E-state index in [1.807, 2.05) is 0 Å². The van der Waals surface area contributed by atoms with Crippen LogP contribution in [0.25, 0.3) is 0 Å². The highest BCUT2D eigenvalue weighted by Crippen LogP contribution is 2.11. The van der Waals surface area contributed by atoms with Gasteiger partial charge < -0.3 is 5.11 Å². The lowest BCUT2D eigenvalue weighted by atomic mass is 10.4. The van der Waals surface area contributed by atoms with E-state index in [1.165, 1.54) is 11.3 Å². The third-order valence-corrected chi connectivity index (χ3v) is 2.21. The molecule has 11 heavy (non-hydrogen) atoms. The van der Waals surface area contributed by atoms with Gasteiger partial charge in [0.25, 0.3) is 0 Å². The predicted molar refractivity (Wildman–Crippen MR) is 43.0 cm³/mol. The van der Waals surface area contributed by atoms with Crippen molar-refractivity contribution in [3.8, 4) is 0 Å². The summed E-state index contributed by atoms with van der Waals surface area (Å²) in [5, 5.41) is 10.8. The van der Waals surface area contributed by atoms with E-state index in [0.717, 1.165) is 5.69 Å². The molecule has 1 aromatic heterocycles. The van der Waals surface area contributed by atoms with Crippen molar-refractivity contribution in [3.05, 3.63) is 16.1 Å². The molecule has 0 amide bonds. The Kier molecular flexibility index (Phi) is 2.84. The maximum absolute atomic E-state index is 10.2. The highest BCUT2D eigenvalue weighted by atomic mass is 35.5. The number of thiazole rings is 1. The summed E-state index contributed by atoms with van der Waals surface area (Å²) in [7, 11) is 0. The standard InChI is InChI=1S/C6H6ClNO2S/c7-2-4-3-11-5(8-4)1-6(9)10/h3H,1-2H2,(H,9,10). The molecule has 0 bridgehead atoms. The third kappa shape index (κ3) is 2.48. The van der Waals surface area contributed by atoms with Gasteiger partial charge in [0.2, 0.25) is 0 Å². The van der Waals surface area contributed by atoms with Crippen molar-refractivity contribution in [1.82, 2.24) is 4.98 Å². The van der Waals surface area contributed by atoms with Crippen LogP contribution in [0.3, 0.4) is 0 Å². The first-order chi connectivity index (χ1) is 5.22. The van der Waals surface area contributed by atoms with Crippen molar-refractivity contribution in [2.75, 3.05) is 0 Å². The number of rotatable bonds is 3. The van der Waals surface area contributed by atoms with Crippen molar-refractivity contribution in [1.29, 1.82) is 0 Å². The smallest absolute Gasteiger partial charge is 0.310 e. The Bertz CT molecular complexity index is 261. The molecular weight excluding hydrogens is 186 g/mol. The molecule has 0 aliphatic heterocycles. The van der Waals surface area contributed by atoms with E-state index in [-0.39, 0.29) is 6.42 Å². The Labute approximate surface area is 72.6 Å². The van der Waals surface area contributed by atoms with Gasteiger partial charge in [-0.2, -0.15) is 0 Å². The van der Waals surface area contributed by atoms with Gasteiger partial charge in [-0.15, -0.1) is 22.9 Å². The van der Waals surface area contributed by atoms with E-state index in [4.69, 9.17) is 16.7 Å². The fraction of sp³-hybridized carbons (Fsp3) is 0.333. The van der Waals surface area contributed by atoms with Gasteiger partial charge in [0.15, 0.2) is 0 Å². The van der Waals surface area contributed by atoms with E-state index >= 15 is 0 Å². The molecule has 0 aliphatic carbocycles. The second kappa shape index (κ2) is 3.69. The molecule has 0 aliphatic rings. The monoisotopic (exact) mass is 191 g/mol. The first kappa shape index (κ1) is 8.49. The lowest BCUT2D eigenvalue weighted by molar-refractivity contribution is -0.136. The number of halogens is 1. The van der Waals surface area contributed by atoms with E-state index in [2.05, 4.69) is 4.98 Å². The molecule has 3 nitrogen and oxygen atoms in total. The molecule has 1 rings (SSSR count). The van der Waals surface area contributed by atoms with Crippen molar-refractivity contribution >= 4 is 28.9 Å². The molecule has 60 valence electrons. The van der Waals surface area contributed by atoms with Gasteiger partial charge in [0, 0.05) is 5.38 Å². The van der Waals surface area contributed by atoms with E-state index in [0.29, 0.717) is 10.9 Å². The van der Waals surface area contributed by atoms with Crippen LogP contribution < -0.4 is 0 Å². The van der Waals surface area contributed by atoms with Gasteiger partial charge >= 0.3 is 5.97 Å². The summed E-state index contributed by atoms with van der Waals surface area (Å²) >= 11 is 6.80. The number of alkyl halides is 1. The van der Waals surface area contributed by atoms with Gasteiger partial charge in [-0.3, -0.25) is 4.79 Å². The molecule has 0 radical (unpaired) electrons. The summed E-state index contributed by atoms with van der Waals surface area (Å²) < 4.78 is 0. The Hall–Kier alpha value is -0.610. The first-order valence-corrected chi connectivity index (χ1v) is 4.35. The molecule has 0 fully saturated rings. The van der Waals surface area contributed by atoms with Gasteiger partial charge in [-0.05, 0) is 0 Å². The fourth-order valence-corrected chi connectivity index (χ4v) is 1.63. The van der Waals surface area contributed by atoms with Gasteiger partial charge in [-0.1, -0.05) is 0 Å². The highest BCUT2D eigenvalue weighted by Gasteiger charge is 2.04. The topological polar surface area (TPSA) is 50.2 Å². The van der Waals surface area contributed by atoms with Crippen LogP contribution in [-0.2, 0) is 17.1 Å². The quantitative estimate of drug-likeness (QED) is 0.737. The first-order valence-electron chi connectivity index (χ1n) is 2.93. The van der Waals surface area contributed by atoms with E-state index in [9.17, 15) is 4.79 Å². The average molecular weight is 192 g/mol. The maximum Gasteiger partial charge on any atom is 0.310 e. The van der Waals surface area contributed by atoms with Crippen LogP contribution in [0.1, 0.15) is 10.7 Å². The van der Waals surface area contributed by atoms with Crippen molar-refractivity contribution in [2.24, 2.45) is 0 Å². The molecule has 1 heterocycles. The van der Waals surface area contributed by atoms with Gasteiger partial charge in [0.05, 0.1) is 18.0 Å². The zero-order chi connectivity index (χ0) is 8.27. The molecule has 1 aromatic rings. The second-order valence-electron chi connectivity index (χ2n) is 1.94. The number of aromatic nitrogens is 1. The van der Waals surface area contributed by atoms with Crippen LogP contribution in [0.4, 0.5) is 0 Å². The summed E-state index contributed by atoms with van der Waals surface area (Å²) in [5.74, 6) is -0.517. The van der Waals surface area contributed by atoms with Crippen LogP contribution in [-0.4, -0.2) is 16.1 Å². The Morgan fingerprint density at radius 1 is 1.82 bits per heavy atom. The van der Waals surface area contributed by atoms with Crippen LogP contribution in [0.2, 0.25) is 0 Å². The van der Waals surface area contributed by atoms with Crippen molar-refractivity contribution in [3.63, 3.8) is 0 Å². The van der Waals surface area contributed by atoms with Crippen LogP contribution >= 0.6 is 22.9 Å². The van der Waals surface area contributed by atoms with Crippen LogP contribution in [0.15, 0.2) is 5.38 Å². The lowest BCUT2D eigenvalue weighted by Crippen LogP contribution is -1.99. The Morgan fingerprint density at radius 2 is 2.55 bits per heavy atom. The molecule has 0 saturated heterocycles. The van der Waals surface area contributed by atoms with E-state index in [1.54, 1.807) is 5.38 Å². The highest BCUT2D eigenvalue weighted by molar-refractivity contribution is 7.09. The second-order valence-corrected chi connectivity index (χ2v) is 3.15. The summed E-state index contributed by atoms with van der Waals surface area (Å²) in [4.78, 5) is 14.2. The Morgan fingerprint density at radius 3 is 3.00 bits per heavy atom. The summed E-state index contributed by atoms with van der Waals surface area (Å²) in [6.07, 6.45) is -0.0123. The fourth-order valence-electron chi connectivity index (χ4n) is 0.621. The third-order valence-electron chi connectivity index (χ3n) is 1.04. The van der Waals surface area contributed by atoms with Gasteiger partial charge in [-0.25, -0.2) is 4.98 Å². The molecule has 0 unspecified atom stereocenters. The van der Waals surface area contributed by atoms with Gasteiger partial charge in [0.1, 0.15) is 5.01 Å². The summed E-state index contributed by atoms with van der Waals surface area (Å²) in [6, 6.07) is 0. The zero-order valence-corrected chi connectivity index (χ0v) is 7.15. The average Bonchev–Trinajstić information content (AvgIpc) is 2.34. The number of hydrogen-bond donors (Lipinski definition) is 1. The lowest BCUT2D eigenvalue weighted by Gasteiger charge is -1.86. The number of carboxylic acid groups (broad SMARTS) is 1. The SMILES string of the molecule is O=C(O)Cc1nc(CCl)cs1. The zero-order valence-electron chi connectivity index (χ0n) is 5.58. The number of aliphatic carboxylic acids is 1. The summed E-state index contributed by atoms with van der Waals surface area (Å²) in [6.45, 7) is 0. The number of carbonyl (C=O) groups is 1. The number of nitrogens with zero attached hydrogens (tertiary/aromatic N) is 1. The minimum atomic E-state index is -0.861. The van der Waals surface area contributed by atoms with Crippen LogP contribution in [0.5, 0.6) is 0 Å². The predicted octanol–water partition coefficient (Wildman–Crippen LogP) is 1.51. The largest absolute Gasteiger partial charge is 0.481 e. The number of carboxylic acids is 1. The maximum atomic E-state index is 10.2. The summed E-state index contributed by atoms with van der Waals surface area (Å²) in [5.41, 5.74) is 0.743. The van der Waals surface area contributed by atoms with Crippen LogP contribution in [0, 0.1) is 0 Å². The molecule has 0 saturated carbocycles. The molecule has 0 atom stereocenters. The minimum absolute atomic E-state index is 0.0123.